The van der Waals surface area contributed by atoms with Gasteiger partial charge in [-0.15, -0.1) is 6.58 Å². The van der Waals surface area contributed by atoms with Crippen molar-refractivity contribution >= 4 is 5.91 Å². The maximum absolute atomic E-state index is 11.2. The maximum Gasteiger partial charge on any atom is 0.226 e. The topological polar surface area (TPSA) is 20.3 Å². The summed E-state index contributed by atoms with van der Waals surface area (Å²) in [6.45, 7) is 7.66. The van der Waals surface area contributed by atoms with Crippen LogP contribution in [0.25, 0.3) is 0 Å². The Morgan fingerprint density at radius 1 is 1.50 bits per heavy atom. The minimum Gasteiger partial charge on any atom is -0.342 e. The summed E-state index contributed by atoms with van der Waals surface area (Å²) < 4.78 is 0. The molecule has 0 aromatic carbocycles. The third kappa shape index (κ3) is 4.50. The molecule has 0 aromatic rings. The molecule has 0 rings (SSSR count). The standard InChI is InChI=1S/C10H15NO/c1-4-6-7-8-10(12)11(3)9-5-2/h4-7H,1-2,8-9H2,3H3. The van der Waals surface area contributed by atoms with Gasteiger partial charge in [0.25, 0.3) is 0 Å². The van der Waals surface area contributed by atoms with Gasteiger partial charge < -0.3 is 4.90 Å². The zero-order valence-electron chi connectivity index (χ0n) is 7.49. The molecule has 0 aliphatic rings. The number of hydrogen-bond donors (Lipinski definition) is 0. The Hall–Kier alpha value is -1.31. The van der Waals surface area contributed by atoms with Crippen LogP contribution in [0.3, 0.4) is 0 Å². The number of likely N-dealkylation sites (N-methyl/N-ethyl adjacent to an activating group) is 1. The van der Waals surface area contributed by atoms with Gasteiger partial charge in [-0.1, -0.05) is 30.9 Å². The van der Waals surface area contributed by atoms with Crippen LogP contribution in [-0.4, -0.2) is 24.4 Å². The minimum atomic E-state index is 0.0907. The summed E-state index contributed by atoms with van der Waals surface area (Å²) in [7, 11) is 1.76. The lowest BCUT2D eigenvalue weighted by molar-refractivity contribution is -0.128. The molecule has 0 saturated heterocycles. The van der Waals surface area contributed by atoms with Gasteiger partial charge in [-0.2, -0.15) is 0 Å². The van der Waals surface area contributed by atoms with Crippen molar-refractivity contribution < 1.29 is 4.79 Å². The lowest BCUT2D eigenvalue weighted by Crippen LogP contribution is -2.25. The highest BCUT2D eigenvalue weighted by molar-refractivity contribution is 5.77. The molecule has 0 saturated carbocycles. The van der Waals surface area contributed by atoms with Gasteiger partial charge in [-0.3, -0.25) is 4.79 Å². The van der Waals surface area contributed by atoms with Crippen LogP contribution in [0.15, 0.2) is 37.5 Å². The highest BCUT2D eigenvalue weighted by atomic mass is 16.2. The minimum absolute atomic E-state index is 0.0907. The first-order chi connectivity index (χ1) is 5.72. The molecule has 0 bridgehead atoms. The number of allylic oxidation sites excluding steroid dienone is 2. The maximum atomic E-state index is 11.2. The van der Waals surface area contributed by atoms with Gasteiger partial charge in [-0.25, -0.2) is 0 Å². The van der Waals surface area contributed by atoms with Gasteiger partial charge in [-0.05, 0) is 0 Å². The molecule has 0 N–H and O–H groups in total. The molecule has 0 aliphatic carbocycles. The lowest BCUT2D eigenvalue weighted by atomic mass is 10.3. The van der Waals surface area contributed by atoms with E-state index in [1.54, 1.807) is 36.3 Å². The zero-order chi connectivity index (χ0) is 9.40. The first-order valence-electron chi connectivity index (χ1n) is 3.84. The molecule has 0 heterocycles. The van der Waals surface area contributed by atoms with E-state index in [1.165, 1.54) is 0 Å². The van der Waals surface area contributed by atoms with E-state index in [0.29, 0.717) is 13.0 Å². The van der Waals surface area contributed by atoms with E-state index in [0.717, 1.165) is 0 Å². The van der Waals surface area contributed by atoms with Crippen LogP contribution in [0.2, 0.25) is 0 Å². The SMILES string of the molecule is C=CC=CCC(=O)N(C)CC=C. The van der Waals surface area contributed by atoms with Crippen LogP contribution >= 0.6 is 0 Å². The van der Waals surface area contributed by atoms with E-state index in [4.69, 9.17) is 0 Å². The monoisotopic (exact) mass is 165 g/mol. The Labute approximate surface area is 73.9 Å². The average Bonchev–Trinajstić information content (AvgIpc) is 2.05. The van der Waals surface area contributed by atoms with Crippen LogP contribution in [-0.2, 0) is 4.79 Å². The second-order valence-corrected chi connectivity index (χ2v) is 2.43. The van der Waals surface area contributed by atoms with Crippen LogP contribution in [0.1, 0.15) is 6.42 Å². The summed E-state index contributed by atoms with van der Waals surface area (Å²) in [5.74, 6) is 0.0907. The van der Waals surface area contributed by atoms with Crippen molar-refractivity contribution in [1.29, 1.82) is 0 Å². The predicted molar refractivity (Wildman–Crippen MR) is 51.8 cm³/mol. The van der Waals surface area contributed by atoms with Gasteiger partial charge in [0, 0.05) is 20.0 Å². The van der Waals surface area contributed by atoms with Crippen molar-refractivity contribution in [2.75, 3.05) is 13.6 Å². The third-order valence-corrected chi connectivity index (χ3v) is 1.39. The first-order valence-corrected chi connectivity index (χ1v) is 3.84. The Bertz CT molecular complexity index is 194. The molecule has 2 heteroatoms. The van der Waals surface area contributed by atoms with Gasteiger partial charge in [0.1, 0.15) is 0 Å². The molecule has 12 heavy (non-hydrogen) atoms. The van der Waals surface area contributed by atoms with E-state index in [1.807, 2.05) is 0 Å². The second kappa shape index (κ2) is 6.40. The highest BCUT2D eigenvalue weighted by Crippen LogP contribution is 1.92. The van der Waals surface area contributed by atoms with Crippen LogP contribution in [0, 0.1) is 0 Å². The Balaban J connectivity index is 3.78. The molecule has 66 valence electrons. The number of carbonyl (C=O) groups is 1. The van der Waals surface area contributed by atoms with Crippen molar-refractivity contribution in [3.8, 4) is 0 Å². The van der Waals surface area contributed by atoms with Gasteiger partial charge >= 0.3 is 0 Å². The fraction of sp³-hybridized carbons (Fsp3) is 0.300. The van der Waals surface area contributed by atoms with E-state index in [-0.39, 0.29) is 5.91 Å². The largest absolute Gasteiger partial charge is 0.342 e. The van der Waals surface area contributed by atoms with Crippen LogP contribution in [0.4, 0.5) is 0 Å². The van der Waals surface area contributed by atoms with Crippen molar-refractivity contribution in [3.63, 3.8) is 0 Å². The predicted octanol–water partition coefficient (Wildman–Crippen LogP) is 1.76. The highest BCUT2D eigenvalue weighted by Gasteiger charge is 2.02. The average molecular weight is 165 g/mol. The smallest absolute Gasteiger partial charge is 0.226 e. The van der Waals surface area contributed by atoms with E-state index < -0.39 is 0 Å². The summed E-state index contributed by atoms with van der Waals surface area (Å²) in [6, 6.07) is 0. The molecule has 0 unspecified atom stereocenters. The number of rotatable bonds is 5. The summed E-state index contributed by atoms with van der Waals surface area (Å²) in [5.41, 5.74) is 0. The molecular weight excluding hydrogens is 150 g/mol. The molecule has 0 aliphatic heterocycles. The number of hydrogen-bond acceptors (Lipinski definition) is 1. The molecule has 2 nitrogen and oxygen atoms in total. The van der Waals surface area contributed by atoms with Crippen molar-refractivity contribution in [2.45, 2.75) is 6.42 Å². The Kier molecular flexibility index (Phi) is 5.70. The lowest BCUT2D eigenvalue weighted by Gasteiger charge is -2.12. The van der Waals surface area contributed by atoms with Crippen LogP contribution < -0.4 is 0 Å². The molecule has 0 radical (unpaired) electrons. The van der Waals surface area contributed by atoms with Crippen molar-refractivity contribution in [2.24, 2.45) is 0 Å². The molecular formula is C10H15NO. The molecule has 1 amide bonds. The summed E-state index contributed by atoms with van der Waals surface area (Å²) in [6.07, 6.45) is 7.33. The van der Waals surface area contributed by atoms with Crippen molar-refractivity contribution in [1.82, 2.24) is 4.90 Å². The molecule has 0 spiro atoms. The Morgan fingerprint density at radius 2 is 2.17 bits per heavy atom. The van der Waals surface area contributed by atoms with Crippen molar-refractivity contribution in [3.05, 3.63) is 37.5 Å². The quantitative estimate of drug-likeness (QED) is 0.449. The van der Waals surface area contributed by atoms with Gasteiger partial charge in [0.05, 0.1) is 0 Å². The Morgan fingerprint density at radius 3 is 2.67 bits per heavy atom. The zero-order valence-corrected chi connectivity index (χ0v) is 7.49. The summed E-state index contributed by atoms with van der Waals surface area (Å²) in [5, 5.41) is 0. The first kappa shape index (κ1) is 10.7. The third-order valence-electron chi connectivity index (χ3n) is 1.39. The molecule has 0 fully saturated rings. The number of amides is 1. The summed E-state index contributed by atoms with van der Waals surface area (Å²) in [4.78, 5) is 12.8. The molecule has 0 aromatic heterocycles. The van der Waals surface area contributed by atoms with E-state index in [9.17, 15) is 4.79 Å². The number of carbonyl (C=O) groups excluding carboxylic acids is 1. The summed E-state index contributed by atoms with van der Waals surface area (Å²) >= 11 is 0. The van der Waals surface area contributed by atoms with E-state index in [2.05, 4.69) is 13.2 Å². The fourth-order valence-corrected chi connectivity index (χ4v) is 0.716. The fourth-order valence-electron chi connectivity index (χ4n) is 0.716. The normalized spacial score (nSPS) is 9.75. The van der Waals surface area contributed by atoms with Gasteiger partial charge in [0.15, 0.2) is 0 Å². The van der Waals surface area contributed by atoms with Gasteiger partial charge in [0.2, 0.25) is 5.91 Å². The van der Waals surface area contributed by atoms with Crippen LogP contribution in [0.5, 0.6) is 0 Å². The second-order valence-electron chi connectivity index (χ2n) is 2.43. The molecule has 0 atom stereocenters. The van der Waals surface area contributed by atoms with E-state index >= 15 is 0 Å². The number of nitrogens with zero attached hydrogens (tertiary/aromatic N) is 1.